The highest BCUT2D eigenvalue weighted by Crippen LogP contribution is 2.33. The van der Waals surface area contributed by atoms with Gasteiger partial charge in [-0.15, -0.1) is 0 Å². The van der Waals surface area contributed by atoms with Crippen molar-refractivity contribution in [3.8, 4) is 0 Å². The Kier molecular flexibility index (Phi) is 3.36. The molecule has 2 rings (SSSR count). The number of rotatable bonds is 3. The fourth-order valence-electron chi connectivity index (χ4n) is 2.02. The predicted molar refractivity (Wildman–Crippen MR) is 71.8 cm³/mol. The molecule has 1 atom stereocenters. The van der Waals surface area contributed by atoms with E-state index in [2.05, 4.69) is 5.32 Å². The molecular formula is C12H16ClN3O2. The smallest absolute Gasteiger partial charge is 0.250 e. The molecule has 98 valence electrons. The summed E-state index contributed by atoms with van der Waals surface area (Å²) in [6, 6.07) is 3.12. The molecule has 0 aliphatic carbocycles. The Bertz CT molecular complexity index is 484. The number of nitrogens with two attached hydrogens (primary N) is 2. The van der Waals surface area contributed by atoms with Gasteiger partial charge in [0.15, 0.2) is 0 Å². The largest absolute Gasteiger partial charge is 0.399 e. The van der Waals surface area contributed by atoms with Crippen molar-refractivity contribution in [3.05, 3.63) is 22.7 Å². The van der Waals surface area contributed by atoms with E-state index in [9.17, 15) is 4.79 Å². The van der Waals surface area contributed by atoms with E-state index < -0.39 is 5.91 Å². The number of anilines is 2. The first kappa shape index (κ1) is 13.0. The van der Waals surface area contributed by atoms with Crippen LogP contribution in [0.1, 0.15) is 23.7 Å². The zero-order valence-corrected chi connectivity index (χ0v) is 10.9. The van der Waals surface area contributed by atoms with Crippen molar-refractivity contribution in [1.82, 2.24) is 0 Å². The van der Waals surface area contributed by atoms with Crippen LogP contribution in [0.2, 0.25) is 5.02 Å². The zero-order valence-electron chi connectivity index (χ0n) is 10.1. The van der Waals surface area contributed by atoms with E-state index in [1.807, 2.05) is 6.92 Å². The first-order chi connectivity index (χ1) is 8.41. The maximum Gasteiger partial charge on any atom is 0.250 e. The van der Waals surface area contributed by atoms with Crippen LogP contribution in [0.15, 0.2) is 12.1 Å². The van der Waals surface area contributed by atoms with Crippen molar-refractivity contribution in [2.75, 3.05) is 24.3 Å². The molecule has 0 spiro atoms. The lowest BCUT2D eigenvalue weighted by molar-refractivity contribution is 0.100. The summed E-state index contributed by atoms with van der Waals surface area (Å²) in [5.41, 5.74) is 12.0. The molecule has 5 nitrogen and oxygen atoms in total. The van der Waals surface area contributed by atoms with Gasteiger partial charge in [-0.3, -0.25) is 4.79 Å². The maximum atomic E-state index is 11.4. The van der Waals surface area contributed by atoms with Crippen molar-refractivity contribution in [3.63, 3.8) is 0 Å². The Balaban J connectivity index is 2.39. The summed E-state index contributed by atoms with van der Waals surface area (Å²) >= 11 is 6.13. The molecule has 1 heterocycles. The number of hydrogen-bond acceptors (Lipinski definition) is 4. The number of carbonyl (C=O) groups is 1. The van der Waals surface area contributed by atoms with Gasteiger partial charge in [0.05, 0.1) is 28.4 Å². The fraction of sp³-hybridized carbons (Fsp3) is 0.417. The van der Waals surface area contributed by atoms with Crippen molar-refractivity contribution in [2.24, 2.45) is 5.73 Å². The van der Waals surface area contributed by atoms with Gasteiger partial charge in [0.2, 0.25) is 0 Å². The molecule has 1 aromatic carbocycles. The van der Waals surface area contributed by atoms with E-state index in [1.165, 1.54) is 6.07 Å². The summed E-state index contributed by atoms with van der Waals surface area (Å²) in [5.74, 6) is -0.561. The van der Waals surface area contributed by atoms with Crippen LogP contribution in [0.3, 0.4) is 0 Å². The van der Waals surface area contributed by atoms with Crippen molar-refractivity contribution in [2.45, 2.75) is 18.9 Å². The molecule has 0 saturated carbocycles. The third-order valence-corrected chi connectivity index (χ3v) is 3.32. The molecule has 0 aromatic heterocycles. The molecular weight excluding hydrogens is 254 g/mol. The molecule has 1 aliphatic rings. The molecule has 1 aromatic rings. The highest BCUT2D eigenvalue weighted by molar-refractivity contribution is 6.34. The summed E-state index contributed by atoms with van der Waals surface area (Å²) in [6.45, 7) is 3.26. The second kappa shape index (κ2) is 4.66. The van der Waals surface area contributed by atoms with Crippen molar-refractivity contribution >= 4 is 28.9 Å². The fourth-order valence-corrected chi connectivity index (χ4v) is 2.29. The van der Waals surface area contributed by atoms with Crippen LogP contribution >= 0.6 is 11.6 Å². The molecule has 0 bridgehead atoms. The number of ether oxygens (including phenoxy) is 1. The summed E-state index contributed by atoms with van der Waals surface area (Å²) < 4.78 is 5.35. The third kappa shape index (κ3) is 2.52. The molecule has 18 heavy (non-hydrogen) atoms. The Morgan fingerprint density at radius 1 is 1.56 bits per heavy atom. The number of benzene rings is 1. The molecule has 5 N–H and O–H groups in total. The van der Waals surface area contributed by atoms with Crippen LogP contribution in [-0.2, 0) is 4.74 Å². The van der Waals surface area contributed by atoms with Gasteiger partial charge in [0, 0.05) is 12.3 Å². The van der Waals surface area contributed by atoms with Crippen LogP contribution in [0, 0.1) is 0 Å². The number of halogens is 1. The van der Waals surface area contributed by atoms with Crippen LogP contribution in [-0.4, -0.2) is 24.7 Å². The van der Waals surface area contributed by atoms with Crippen LogP contribution in [0.5, 0.6) is 0 Å². The normalized spacial score (nSPS) is 23.0. The molecule has 1 fully saturated rings. The Hall–Kier alpha value is -1.46. The van der Waals surface area contributed by atoms with E-state index >= 15 is 0 Å². The van der Waals surface area contributed by atoms with Gasteiger partial charge >= 0.3 is 0 Å². The lowest BCUT2D eigenvalue weighted by Crippen LogP contribution is -2.36. The molecule has 1 amide bonds. The van der Waals surface area contributed by atoms with Crippen molar-refractivity contribution in [1.29, 1.82) is 0 Å². The van der Waals surface area contributed by atoms with Gasteiger partial charge in [0.1, 0.15) is 0 Å². The van der Waals surface area contributed by atoms with Gasteiger partial charge in [-0.1, -0.05) is 11.6 Å². The van der Waals surface area contributed by atoms with Crippen LogP contribution < -0.4 is 16.8 Å². The molecule has 6 heteroatoms. The summed E-state index contributed by atoms with van der Waals surface area (Å²) in [6.07, 6.45) is 0.839. The number of nitrogens with one attached hydrogen (secondary N) is 1. The molecule has 1 saturated heterocycles. The average Bonchev–Trinajstić information content (AvgIpc) is 2.69. The third-order valence-electron chi connectivity index (χ3n) is 3.02. The minimum atomic E-state index is -0.561. The topological polar surface area (TPSA) is 90.4 Å². The molecule has 1 unspecified atom stereocenters. The first-order valence-electron chi connectivity index (χ1n) is 5.66. The predicted octanol–water partition coefficient (Wildman–Crippen LogP) is 1.61. The highest BCUT2D eigenvalue weighted by Gasteiger charge is 2.31. The van der Waals surface area contributed by atoms with E-state index in [0.29, 0.717) is 35.2 Å². The number of nitrogen functional groups attached to an aromatic ring is 1. The number of primary amides is 1. The average molecular weight is 270 g/mol. The summed E-state index contributed by atoms with van der Waals surface area (Å²) in [7, 11) is 0. The lowest BCUT2D eigenvalue weighted by atomic mass is 10.00. The van der Waals surface area contributed by atoms with E-state index in [-0.39, 0.29) is 5.54 Å². The Labute approximate surface area is 110 Å². The van der Waals surface area contributed by atoms with Gasteiger partial charge in [-0.25, -0.2) is 0 Å². The number of hydrogen-bond donors (Lipinski definition) is 3. The number of amides is 1. The first-order valence-corrected chi connectivity index (χ1v) is 6.04. The summed E-state index contributed by atoms with van der Waals surface area (Å²) in [5, 5.41) is 3.64. The van der Waals surface area contributed by atoms with Crippen LogP contribution in [0.25, 0.3) is 0 Å². The SMILES string of the molecule is CC1(Nc2c(Cl)cc(N)cc2C(N)=O)CCOC1. The lowest BCUT2D eigenvalue weighted by Gasteiger charge is -2.27. The second-order valence-corrected chi connectivity index (χ2v) is 5.18. The minimum absolute atomic E-state index is 0.246. The Morgan fingerprint density at radius 2 is 2.28 bits per heavy atom. The second-order valence-electron chi connectivity index (χ2n) is 4.78. The monoisotopic (exact) mass is 269 g/mol. The van der Waals surface area contributed by atoms with Gasteiger partial charge < -0.3 is 21.5 Å². The Morgan fingerprint density at radius 3 is 2.83 bits per heavy atom. The van der Waals surface area contributed by atoms with Gasteiger partial charge in [-0.05, 0) is 25.5 Å². The van der Waals surface area contributed by atoms with Crippen LogP contribution in [0.4, 0.5) is 11.4 Å². The van der Waals surface area contributed by atoms with Crippen molar-refractivity contribution < 1.29 is 9.53 Å². The highest BCUT2D eigenvalue weighted by atomic mass is 35.5. The van der Waals surface area contributed by atoms with E-state index in [0.717, 1.165) is 6.42 Å². The molecule has 0 radical (unpaired) electrons. The zero-order chi connectivity index (χ0) is 13.3. The van der Waals surface area contributed by atoms with Gasteiger partial charge in [-0.2, -0.15) is 0 Å². The minimum Gasteiger partial charge on any atom is -0.399 e. The van der Waals surface area contributed by atoms with E-state index in [4.69, 9.17) is 27.8 Å². The maximum absolute atomic E-state index is 11.4. The van der Waals surface area contributed by atoms with Gasteiger partial charge in [0.25, 0.3) is 5.91 Å². The number of carbonyl (C=O) groups excluding carboxylic acids is 1. The standard InChI is InChI=1S/C12H16ClN3O2/c1-12(2-3-18-6-12)16-10-8(11(15)17)4-7(14)5-9(10)13/h4-5,16H,2-3,6,14H2,1H3,(H2,15,17). The molecule has 1 aliphatic heterocycles. The quantitative estimate of drug-likeness (QED) is 0.727. The van der Waals surface area contributed by atoms with E-state index in [1.54, 1.807) is 6.07 Å². The summed E-state index contributed by atoms with van der Waals surface area (Å²) in [4.78, 5) is 11.4.